The lowest BCUT2D eigenvalue weighted by atomic mass is 10.2. The van der Waals surface area contributed by atoms with Gasteiger partial charge in [0.1, 0.15) is 0 Å². The van der Waals surface area contributed by atoms with Crippen molar-refractivity contribution in [2.45, 2.75) is 17.7 Å². The third-order valence-electron chi connectivity index (χ3n) is 4.61. The number of aromatic nitrogens is 1. The van der Waals surface area contributed by atoms with Crippen LogP contribution in [0.2, 0.25) is 0 Å². The number of carbonyl (C=O) groups is 1. The van der Waals surface area contributed by atoms with Crippen LogP contribution >= 0.6 is 11.3 Å². The third-order valence-corrected chi connectivity index (χ3v) is 7.28. The van der Waals surface area contributed by atoms with E-state index in [1.807, 2.05) is 35.7 Å². The topological polar surface area (TPSA) is 79.4 Å². The van der Waals surface area contributed by atoms with Gasteiger partial charge in [-0.3, -0.25) is 10.1 Å². The summed E-state index contributed by atoms with van der Waals surface area (Å²) in [5.74, 6) is -0.320. The van der Waals surface area contributed by atoms with Crippen LogP contribution in [-0.2, 0) is 10.0 Å². The minimum atomic E-state index is -3.48. The largest absolute Gasteiger partial charge is 0.298 e. The van der Waals surface area contributed by atoms with Gasteiger partial charge in [-0.25, -0.2) is 13.4 Å². The number of nitrogens with zero attached hydrogens (tertiary/aromatic N) is 2. The fourth-order valence-corrected chi connectivity index (χ4v) is 5.33. The summed E-state index contributed by atoms with van der Waals surface area (Å²) in [5.41, 5.74) is 2.17. The first-order valence-corrected chi connectivity index (χ1v) is 11.3. The Morgan fingerprint density at radius 3 is 2.36 bits per heavy atom. The van der Waals surface area contributed by atoms with E-state index in [9.17, 15) is 13.2 Å². The van der Waals surface area contributed by atoms with Crippen LogP contribution in [-0.4, -0.2) is 36.7 Å². The molecule has 2 aromatic carbocycles. The van der Waals surface area contributed by atoms with Gasteiger partial charge in [-0.15, -0.1) is 11.3 Å². The second-order valence-corrected chi connectivity index (χ2v) is 9.29. The average Bonchev–Trinajstić information content (AvgIpc) is 3.41. The van der Waals surface area contributed by atoms with Crippen molar-refractivity contribution in [2.24, 2.45) is 0 Å². The van der Waals surface area contributed by atoms with E-state index in [4.69, 9.17) is 0 Å². The van der Waals surface area contributed by atoms with E-state index in [1.54, 1.807) is 0 Å². The lowest BCUT2D eigenvalue weighted by Gasteiger charge is -2.15. The molecule has 28 heavy (non-hydrogen) atoms. The Kier molecular flexibility index (Phi) is 5.25. The summed E-state index contributed by atoms with van der Waals surface area (Å²) in [4.78, 5) is 17.1. The molecule has 0 unspecified atom stereocenters. The lowest BCUT2D eigenvalue weighted by Crippen LogP contribution is -2.27. The Bertz CT molecular complexity index is 1070. The van der Waals surface area contributed by atoms with Crippen molar-refractivity contribution in [3.63, 3.8) is 0 Å². The minimum Gasteiger partial charge on any atom is -0.298 e. The molecule has 4 rings (SSSR count). The van der Waals surface area contributed by atoms with Gasteiger partial charge in [-0.1, -0.05) is 30.3 Å². The molecule has 1 aliphatic heterocycles. The number of benzene rings is 2. The highest BCUT2D eigenvalue weighted by atomic mass is 32.2. The zero-order valence-corrected chi connectivity index (χ0v) is 16.7. The summed E-state index contributed by atoms with van der Waals surface area (Å²) in [5, 5.41) is 5.15. The van der Waals surface area contributed by atoms with Crippen LogP contribution in [0.1, 0.15) is 23.2 Å². The second-order valence-electron chi connectivity index (χ2n) is 6.49. The van der Waals surface area contributed by atoms with E-state index in [0.29, 0.717) is 23.8 Å². The Morgan fingerprint density at radius 1 is 1.00 bits per heavy atom. The smallest absolute Gasteiger partial charge is 0.257 e. The molecule has 1 aliphatic rings. The molecule has 3 aromatic rings. The van der Waals surface area contributed by atoms with Gasteiger partial charge in [-0.05, 0) is 37.1 Å². The van der Waals surface area contributed by atoms with E-state index in [1.165, 1.54) is 39.9 Å². The molecule has 1 saturated heterocycles. The highest BCUT2D eigenvalue weighted by Crippen LogP contribution is 2.25. The highest BCUT2D eigenvalue weighted by Gasteiger charge is 2.27. The van der Waals surface area contributed by atoms with Gasteiger partial charge >= 0.3 is 0 Å². The monoisotopic (exact) mass is 413 g/mol. The fourth-order valence-electron chi connectivity index (χ4n) is 3.10. The molecule has 0 bridgehead atoms. The minimum absolute atomic E-state index is 0.214. The number of hydrogen-bond donors (Lipinski definition) is 1. The summed E-state index contributed by atoms with van der Waals surface area (Å²) >= 11 is 1.35. The number of carbonyl (C=O) groups excluding carboxylic acids is 1. The molecule has 1 amide bonds. The summed E-state index contributed by atoms with van der Waals surface area (Å²) in [6.45, 7) is 1.11. The zero-order valence-electron chi connectivity index (χ0n) is 15.0. The van der Waals surface area contributed by atoms with Crippen LogP contribution in [0.15, 0.2) is 64.9 Å². The Labute approximate surface area is 167 Å². The molecule has 8 heteroatoms. The van der Waals surface area contributed by atoms with E-state index in [0.717, 1.165) is 24.1 Å². The van der Waals surface area contributed by atoms with Crippen LogP contribution in [0.3, 0.4) is 0 Å². The Hall–Kier alpha value is -2.55. The predicted octanol–water partition coefficient (Wildman–Crippen LogP) is 3.85. The maximum Gasteiger partial charge on any atom is 0.257 e. The maximum atomic E-state index is 12.6. The van der Waals surface area contributed by atoms with E-state index < -0.39 is 10.0 Å². The summed E-state index contributed by atoms with van der Waals surface area (Å²) < 4.78 is 26.6. The van der Waals surface area contributed by atoms with Crippen LogP contribution < -0.4 is 5.32 Å². The number of thiazole rings is 1. The van der Waals surface area contributed by atoms with Gasteiger partial charge in [-0.2, -0.15) is 4.31 Å². The second kappa shape index (κ2) is 7.83. The molecular formula is C20H19N3O3S2. The van der Waals surface area contributed by atoms with Crippen LogP contribution in [0, 0.1) is 0 Å². The van der Waals surface area contributed by atoms with Crippen molar-refractivity contribution in [1.29, 1.82) is 0 Å². The maximum absolute atomic E-state index is 12.6. The Morgan fingerprint density at radius 2 is 1.68 bits per heavy atom. The standard InChI is InChI=1S/C20H19N3O3S2/c24-19(22-20-21-18(14-27-20)15-6-2-1-3-7-15)16-8-10-17(11-9-16)28(25,26)23-12-4-5-13-23/h1-3,6-11,14H,4-5,12-13H2,(H,21,22,24). The quantitative estimate of drug-likeness (QED) is 0.689. The summed E-state index contributed by atoms with van der Waals surface area (Å²) in [6.07, 6.45) is 1.77. The first kappa shape index (κ1) is 18.8. The van der Waals surface area contributed by atoms with E-state index in [-0.39, 0.29) is 10.8 Å². The van der Waals surface area contributed by atoms with Crippen molar-refractivity contribution < 1.29 is 13.2 Å². The number of hydrogen-bond acceptors (Lipinski definition) is 5. The van der Waals surface area contributed by atoms with Crippen LogP contribution in [0.5, 0.6) is 0 Å². The van der Waals surface area contributed by atoms with Gasteiger partial charge in [0.15, 0.2) is 5.13 Å². The molecule has 144 valence electrons. The molecule has 1 aromatic heterocycles. The zero-order chi connectivity index (χ0) is 19.6. The van der Waals surface area contributed by atoms with E-state index in [2.05, 4.69) is 10.3 Å². The molecule has 1 N–H and O–H groups in total. The first-order chi connectivity index (χ1) is 13.5. The molecule has 0 atom stereocenters. The number of nitrogens with one attached hydrogen (secondary N) is 1. The fraction of sp³-hybridized carbons (Fsp3) is 0.200. The SMILES string of the molecule is O=C(Nc1nc(-c2ccccc2)cs1)c1ccc(S(=O)(=O)N2CCCC2)cc1. The molecule has 6 nitrogen and oxygen atoms in total. The summed E-state index contributed by atoms with van der Waals surface area (Å²) in [7, 11) is -3.48. The first-order valence-electron chi connectivity index (χ1n) is 8.96. The average molecular weight is 414 g/mol. The van der Waals surface area contributed by atoms with Crippen LogP contribution in [0.25, 0.3) is 11.3 Å². The van der Waals surface area contributed by atoms with Gasteiger partial charge in [0.2, 0.25) is 10.0 Å². The van der Waals surface area contributed by atoms with Crippen molar-refractivity contribution >= 4 is 32.4 Å². The number of sulfonamides is 1. The lowest BCUT2D eigenvalue weighted by molar-refractivity contribution is 0.102. The molecular weight excluding hydrogens is 394 g/mol. The van der Waals surface area contributed by atoms with Crippen molar-refractivity contribution in [1.82, 2.24) is 9.29 Å². The van der Waals surface area contributed by atoms with Crippen molar-refractivity contribution in [3.05, 3.63) is 65.5 Å². The number of rotatable bonds is 5. The predicted molar refractivity (Wildman–Crippen MR) is 110 cm³/mol. The van der Waals surface area contributed by atoms with Crippen LogP contribution in [0.4, 0.5) is 5.13 Å². The summed E-state index contributed by atoms with van der Waals surface area (Å²) in [6, 6.07) is 15.8. The third kappa shape index (κ3) is 3.84. The molecule has 0 radical (unpaired) electrons. The van der Waals surface area contributed by atoms with Crippen molar-refractivity contribution in [3.8, 4) is 11.3 Å². The molecule has 0 aliphatic carbocycles. The van der Waals surface area contributed by atoms with Gasteiger partial charge in [0.05, 0.1) is 10.6 Å². The van der Waals surface area contributed by atoms with Crippen molar-refractivity contribution in [2.75, 3.05) is 18.4 Å². The van der Waals surface area contributed by atoms with Gasteiger partial charge < -0.3 is 0 Å². The molecule has 0 saturated carbocycles. The molecule has 1 fully saturated rings. The number of amides is 1. The van der Waals surface area contributed by atoms with Gasteiger partial charge in [0, 0.05) is 29.6 Å². The Balaban J connectivity index is 1.46. The normalized spacial score (nSPS) is 14.9. The highest BCUT2D eigenvalue weighted by molar-refractivity contribution is 7.89. The number of anilines is 1. The van der Waals surface area contributed by atoms with E-state index >= 15 is 0 Å². The molecule has 0 spiro atoms. The van der Waals surface area contributed by atoms with Gasteiger partial charge in [0.25, 0.3) is 5.91 Å². The molecule has 2 heterocycles.